The van der Waals surface area contributed by atoms with Gasteiger partial charge in [-0.2, -0.15) is 4.31 Å². The third-order valence-electron chi connectivity index (χ3n) is 4.99. The fraction of sp³-hybridized carbons (Fsp3) is 0.333. The summed E-state index contributed by atoms with van der Waals surface area (Å²) in [5, 5.41) is 12.1. The lowest BCUT2D eigenvalue weighted by atomic mass is 10.0. The number of carbonyl (C=O) groups excluding carboxylic acids is 1. The summed E-state index contributed by atoms with van der Waals surface area (Å²) in [7, 11) is -3.83. The Hall–Kier alpha value is -2.71. The van der Waals surface area contributed by atoms with Crippen molar-refractivity contribution in [2.75, 3.05) is 6.54 Å². The highest BCUT2D eigenvalue weighted by Gasteiger charge is 2.40. The number of carbonyl (C=O) groups is 2. The van der Waals surface area contributed by atoms with Gasteiger partial charge in [0, 0.05) is 13.0 Å². The van der Waals surface area contributed by atoms with Crippen LogP contribution in [0.3, 0.4) is 0 Å². The summed E-state index contributed by atoms with van der Waals surface area (Å²) in [6.07, 6.45) is 1.02. The standard InChI is InChI=1S/C21H24N2O5S/c1-15-7-5-8-16(13-15)14-18(21(25)26)22-20(24)19-11-6-12-23(19)29(27,28)17-9-3-2-4-10-17/h2-5,7-10,13,18-19H,6,11-12,14H2,1H3,(H,22,24)(H,25,26)/t18?,19-/m0/s1. The third kappa shape index (κ3) is 4.83. The van der Waals surface area contributed by atoms with E-state index in [-0.39, 0.29) is 17.9 Å². The predicted molar refractivity (Wildman–Crippen MR) is 108 cm³/mol. The van der Waals surface area contributed by atoms with Gasteiger partial charge in [-0.05, 0) is 37.5 Å². The molecule has 0 saturated carbocycles. The molecule has 1 aliphatic rings. The molecule has 0 spiro atoms. The molecule has 2 aromatic rings. The van der Waals surface area contributed by atoms with Crippen molar-refractivity contribution in [3.05, 3.63) is 65.7 Å². The smallest absolute Gasteiger partial charge is 0.326 e. The Balaban J connectivity index is 1.76. The van der Waals surface area contributed by atoms with E-state index in [9.17, 15) is 23.1 Å². The lowest BCUT2D eigenvalue weighted by Crippen LogP contribution is -2.51. The van der Waals surface area contributed by atoms with Crippen molar-refractivity contribution in [1.29, 1.82) is 0 Å². The quantitative estimate of drug-likeness (QED) is 0.718. The number of carboxylic acid groups (broad SMARTS) is 1. The van der Waals surface area contributed by atoms with E-state index < -0.39 is 34.0 Å². The Bertz CT molecular complexity index is 991. The molecule has 7 nitrogen and oxygen atoms in total. The second kappa shape index (κ2) is 8.75. The van der Waals surface area contributed by atoms with Gasteiger partial charge in [-0.3, -0.25) is 4.79 Å². The largest absolute Gasteiger partial charge is 0.480 e. The number of benzene rings is 2. The Morgan fingerprint density at radius 3 is 2.55 bits per heavy atom. The van der Waals surface area contributed by atoms with Crippen LogP contribution in [0, 0.1) is 6.92 Å². The van der Waals surface area contributed by atoms with Crippen molar-refractivity contribution in [3.8, 4) is 0 Å². The van der Waals surface area contributed by atoms with E-state index in [0.29, 0.717) is 12.8 Å². The molecule has 1 unspecified atom stereocenters. The minimum Gasteiger partial charge on any atom is -0.480 e. The Morgan fingerprint density at radius 2 is 1.90 bits per heavy atom. The number of nitrogens with one attached hydrogen (secondary N) is 1. The van der Waals surface area contributed by atoms with Crippen molar-refractivity contribution >= 4 is 21.9 Å². The Labute approximate surface area is 170 Å². The summed E-state index contributed by atoms with van der Waals surface area (Å²) in [6.45, 7) is 2.13. The molecule has 1 heterocycles. The van der Waals surface area contributed by atoms with E-state index in [4.69, 9.17) is 0 Å². The van der Waals surface area contributed by atoms with Gasteiger partial charge in [0.05, 0.1) is 4.90 Å². The molecule has 1 amide bonds. The van der Waals surface area contributed by atoms with Crippen LogP contribution < -0.4 is 5.32 Å². The van der Waals surface area contributed by atoms with Crippen LogP contribution in [0.4, 0.5) is 0 Å². The minimum absolute atomic E-state index is 0.120. The molecule has 0 aliphatic carbocycles. The van der Waals surface area contributed by atoms with Crippen LogP contribution in [0.15, 0.2) is 59.5 Å². The molecule has 0 aromatic heterocycles. The number of hydrogen-bond donors (Lipinski definition) is 2. The van der Waals surface area contributed by atoms with E-state index in [1.54, 1.807) is 24.3 Å². The van der Waals surface area contributed by atoms with Crippen LogP contribution in [0.25, 0.3) is 0 Å². The van der Waals surface area contributed by atoms with E-state index in [1.807, 2.05) is 25.1 Å². The van der Waals surface area contributed by atoms with Gasteiger partial charge < -0.3 is 10.4 Å². The molecule has 29 heavy (non-hydrogen) atoms. The van der Waals surface area contributed by atoms with Gasteiger partial charge in [0.25, 0.3) is 0 Å². The molecule has 0 bridgehead atoms. The highest BCUT2D eigenvalue weighted by atomic mass is 32.2. The summed E-state index contributed by atoms with van der Waals surface area (Å²) in [5.41, 5.74) is 1.78. The lowest BCUT2D eigenvalue weighted by Gasteiger charge is -2.25. The topological polar surface area (TPSA) is 104 Å². The summed E-state index contributed by atoms with van der Waals surface area (Å²) in [4.78, 5) is 24.6. The summed E-state index contributed by atoms with van der Waals surface area (Å²) >= 11 is 0. The number of aryl methyl sites for hydroxylation is 1. The third-order valence-corrected chi connectivity index (χ3v) is 6.92. The number of sulfonamides is 1. The first-order valence-corrected chi connectivity index (χ1v) is 10.9. The molecule has 2 atom stereocenters. The highest BCUT2D eigenvalue weighted by molar-refractivity contribution is 7.89. The second-order valence-corrected chi connectivity index (χ2v) is 9.07. The average molecular weight is 416 g/mol. The molecule has 0 radical (unpaired) electrons. The molecule has 2 aromatic carbocycles. The zero-order valence-corrected chi connectivity index (χ0v) is 16.9. The number of carboxylic acids is 1. The van der Waals surface area contributed by atoms with Crippen LogP contribution in [0.1, 0.15) is 24.0 Å². The highest BCUT2D eigenvalue weighted by Crippen LogP contribution is 2.26. The molecule has 2 N–H and O–H groups in total. The average Bonchev–Trinajstić information content (AvgIpc) is 3.19. The molecule has 1 fully saturated rings. The van der Waals surface area contributed by atoms with E-state index in [1.165, 1.54) is 16.4 Å². The summed E-state index contributed by atoms with van der Waals surface area (Å²) in [5.74, 6) is -1.74. The number of nitrogens with zero attached hydrogens (tertiary/aromatic N) is 1. The molecule has 154 valence electrons. The monoisotopic (exact) mass is 416 g/mol. The van der Waals surface area contributed by atoms with Crippen molar-refractivity contribution in [3.63, 3.8) is 0 Å². The molecule has 8 heteroatoms. The minimum atomic E-state index is -3.83. The first-order valence-electron chi connectivity index (χ1n) is 9.44. The number of aliphatic carboxylic acids is 1. The molecular formula is C21H24N2O5S. The molecule has 3 rings (SSSR count). The SMILES string of the molecule is Cc1cccc(CC(NC(=O)[C@@H]2CCCN2S(=O)(=O)c2ccccc2)C(=O)O)c1. The molecule has 1 saturated heterocycles. The Kier molecular flexibility index (Phi) is 6.34. The maximum absolute atomic E-state index is 12.9. The van der Waals surface area contributed by atoms with Crippen molar-refractivity contribution in [1.82, 2.24) is 9.62 Å². The van der Waals surface area contributed by atoms with Crippen LogP contribution in [0.2, 0.25) is 0 Å². The maximum atomic E-state index is 12.9. The Morgan fingerprint density at radius 1 is 1.17 bits per heavy atom. The van der Waals surface area contributed by atoms with Gasteiger partial charge >= 0.3 is 5.97 Å². The maximum Gasteiger partial charge on any atom is 0.326 e. The van der Waals surface area contributed by atoms with Gasteiger partial charge in [-0.25, -0.2) is 13.2 Å². The zero-order valence-electron chi connectivity index (χ0n) is 16.1. The van der Waals surface area contributed by atoms with Crippen LogP contribution in [0.5, 0.6) is 0 Å². The van der Waals surface area contributed by atoms with Crippen molar-refractivity contribution in [2.24, 2.45) is 0 Å². The summed E-state index contributed by atoms with van der Waals surface area (Å²) in [6, 6.07) is 13.3. The van der Waals surface area contributed by atoms with Crippen LogP contribution in [-0.4, -0.2) is 48.3 Å². The van der Waals surface area contributed by atoms with Gasteiger partial charge in [0.1, 0.15) is 12.1 Å². The van der Waals surface area contributed by atoms with Crippen molar-refractivity contribution in [2.45, 2.75) is 43.2 Å². The first-order chi connectivity index (χ1) is 13.8. The van der Waals surface area contributed by atoms with Crippen molar-refractivity contribution < 1.29 is 23.1 Å². The van der Waals surface area contributed by atoms with Gasteiger partial charge in [-0.15, -0.1) is 0 Å². The van der Waals surface area contributed by atoms with Crippen LogP contribution >= 0.6 is 0 Å². The van der Waals surface area contributed by atoms with E-state index in [2.05, 4.69) is 5.32 Å². The van der Waals surface area contributed by atoms with E-state index in [0.717, 1.165) is 11.1 Å². The molecule has 1 aliphatic heterocycles. The normalized spacial score (nSPS) is 18.3. The van der Waals surface area contributed by atoms with Crippen LogP contribution in [-0.2, 0) is 26.0 Å². The fourth-order valence-electron chi connectivity index (χ4n) is 3.56. The number of amides is 1. The van der Waals surface area contributed by atoms with E-state index >= 15 is 0 Å². The lowest BCUT2D eigenvalue weighted by molar-refractivity contribution is -0.142. The van der Waals surface area contributed by atoms with Gasteiger partial charge in [0.2, 0.25) is 15.9 Å². The molecular weight excluding hydrogens is 392 g/mol. The fourth-order valence-corrected chi connectivity index (χ4v) is 5.24. The predicted octanol–water partition coefficient (Wildman–Crippen LogP) is 1.96. The second-order valence-electron chi connectivity index (χ2n) is 7.18. The van der Waals surface area contributed by atoms with Gasteiger partial charge in [-0.1, -0.05) is 48.0 Å². The summed E-state index contributed by atoms with van der Waals surface area (Å²) < 4.78 is 27.0. The number of rotatable bonds is 7. The number of hydrogen-bond acceptors (Lipinski definition) is 4. The van der Waals surface area contributed by atoms with Gasteiger partial charge in [0.15, 0.2) is 0 Å². The first kappa shape index (κ1) is 21.0. The zero-order chi connectivity index (χ0) is 21.0.